The van der Waals surface area contributed by atoms with Crippen LogP contribution in [-0.2, 0) is 25.7 Å². The molecule has 0 radical (unpaired) electrons. The van der Waals surface area contributed by atoms with Gasteiger partial charge in [-0.2, -0.15) is 0 Å². The number of methoxy groups -OCH3 is 1. The fraction of sp³-hybridized carbons (Fsp3) is 0.323. The summed E-state index contributed by atoms with van der Waals surface area (Å²) in [6.45, 7) is 2.75. The number of esters is 1. The number of nitrogens with zero attached hydrogens (tertiary/aromatic N) is 1. The lowest BCUT2D eigenvalue weighted by molar-refractivity contribution is -0.159. The molecule has 204 valence electrons. The van der Waals surface area contributed by atoms with E-state index in [-0.39, 0.29) is 24.0 Å². The van der Waals surface area contributed by atoms with Crippen molar-refractivity contribution < 1.29 is 34.1 Å². The van der Waals surface area contributed by atoms with Crippen LogP contribution in [0.2, 0.25) is 0 Å². The number of fused-ring (bicyclic) bond motifs is 3. The van der Waals surface area contributed by atoms with Crippen molar-refractivity contribution in [3.05, 3.63) is 107 Å². The highest BCUT2D eigenvalue weighted by molar-refractivity contribution is 6.27. The second-order valence-electron chi connectivity index (χ2n) is 9.74. The Morgan fingerprint density at radius 3 is 1.92 bits per heavy atom. The van der Waals surface area contributed by atoms with E-state index >= 15 is 0 Å². The van der Waals surface area contributed by atoms with Gasteiger partial charge in [-0.1, -0.05) is 72.8 Å². The van der Waals surface area contributed by atoms with E-state index in [1.54, 1.807) is 6.07 Å². The maximum atomic E-state index is 12.0. The molecule has 0 amide bonds. The van der Waals surface area contributed by atoms with Crippen LogP contribution < -0.4 is 0 Å². The number of carbonyl (C=O) groups excluding carboxylic acids is 1. The zero-order valence-corrected chi connectivity index (χ0v) is 21.8. The third-order valence-electron chi connectivity index (χ3n) is 7.43. The number of carbonyl (C=O) groups is 3. The van der Waals surface area contributed by atoms with Crippen LogP contribution in [-0.4, -0.2) is 65.4 Å². The van der Waals surface area contributed by atoms with Gasteiger partial charge in [0, 0.05) is 12.0 Å². The van der Waals surface area contributed by atoms with Crippen molar-refractivity contribution in [2.24, 2.45) is 5.92 Å². The van der Waals surface area contributed by atoms with Gasteiger partial charge < -0.3 is 19.7 Å². The minimum atomic E-state index is -1.82. The Hall–Kier alpha value is -4.01. The highest BCUT2D eigenvalue weighted by atomic mass is 16.5. The van der Waals surface area contributed by atoms with Gasteiger partial charge in [-0.05, 0) is 60.7 Å². The third-order valence-corrected chi connectivity index (χ3v) is 7.43. The van der Waals surface area contributed by atoms with E-state index < -0.39 is 11.9 Å². The molecule has 3 aliphatic rings. The first-order chi connectivity index (χ1) is 18.9. The molecular weight excluding hydrogens is 498 g/mol. The summed E-state index contributed by atoms with van der Waals surface area (Å²) in [5, 5.41) is 14.8. The van der Waals surface area contributed by atoms with Gasteiger partial charge in [0.15, 0.2) is 0 Å². The van der Waals surface area contributed by atoms with Gasteiger partial charge in [0.25, 0.3) is 0 Å². The largest absolute Gasteiger partial charge is 0.473 e. The number of carboxylic acids is 2. The highest BCUT2D eigenvalue weighted by Crippen LogP contribution is 2.43. The van der Waals surface area contributed by atoms with Gasteiger partial charge in [-0.15, -0.1) is 0 Å². The van der Waals surface area contributed by atoms with E-state index in [1.165, 1.54) is 31.1 Å². The lowest BCUT2D eigenvalue weighted by Gasteiger charge is -2.53. The van der Waals surface area contributed by atoms with E-state index in [0.29, 0.717) is 18.1 Å². The highest BCUT2D eigenvalue weighted by Gasteiger charge is 2.47. The van der Waals surface area contributed by atoms with E-state index in [9.17, 15) is 4.79 Å². The van der Waals surface area contributed by atoms with Crippen molar-refractivity contribution in [2.45, 2.75) is 37.5 Å². The molecule has 3 aromatic rings. The Labute approximate surface area is 227 Å². The molecular formula is C31H33NO7. The van der Waals surface area contributed by atoms with Crippen molar-refractivity contribution >= 4 is 17.9 Å². The molecule has 0 spiro atoms. The van der Waals surface area contributed by atoms with E-state index in [2.05, 4.69) is 65.6 Å². The minimum Gasteiger partial charge on any atom is -0.473 e. The molecule has 2 bridgehead atoms. The van der Waals surface area contributed by atoms with Gasteiger partial charge in [-0.3, -0.25) is 4.90 Å². The third kappa shape index (κ3) is 6.90. The monoisotopic (exact) mass is 531 g/mol. The van der Waals surface area contributed by atoms with Crippen LogP contribution in [0.3, 0.4) is 0 Å². The van der Waals surface area contributed by atoms with Gasteiger partial charge in [0.1, 0.15) is 0 Å². The Morgan fingerprint density at radius 1 is 0.846 bits per heavy atom. The molecule has 0 aliphatic carbocycles. The van der Waals surface area contributed by atoms with Crippen LogP contribution >= 0.6 is 0 Å². The number of benzene rings is 3. The van der Waals surface area contributed by atoms with Crippen LogP contribution in [0.15, 0.2) is 84.9 Å². The summed E-state index contributed by atoms with van der Waals surface area (Å²) >= 11 is 0. The van der Waals surface area contributed by atoms with Crippen molar-refractivity contribution in [1.82, 2.24) is 4.90 Å². The van der Waals surface area contributed by atoms with Crippen molar-refractivity contribution in [3.8, 4) is 0 Å². The van der Waals surface area contributed by atoms with Gasteiger partial charge >= 0.3 is 17.9 Å². The molecule has 0 saturated carbocycles. The zero-order valence-electron chi connectivity index (χ0n) is 21.8. The molecule has 8 nitrogen and oxygen atoms in total. The fourth-order valence-corrected chi connectivity index (χ4v) is 5.67. The normalized spacial score (nSPS) is 21.5. The molecule has 8 heteroatoms. The molecule has 39 heavy (non-hydrogen) atoms. The molecule has 3 heterocycles. The number of piperidine rings is 3. The summed E-state index contributed by atoms with van der Waals surface area (Å²) in [7, 11) is 1.41. The average Bonchev–Trinajstić information content (AvgIpc) is 2.98. The predicted molar refractivity (Wildman–Crippen MR) is 144 cm³/mol. The van der Waals surface area contributed by atoms with Crippen LogP contribution in [0, 0.1) is 5.92 Å². The smallest absolute Gasteiger partial charge is 0.414 e. The lowest BCUT2D eigenvalue weighted by atomic mass is 9.72. The van der Waals surface area contributed by atoms with Crippen LogP contribution in [0.5, 0.6) is 0 Å². The average molecular weight is 532 g/mol. The van der Waals surface area contributed by atoms with E-state index in [4.69, 9.17) is 29.3 Å². The van der Waals surface area contributed by atoms with Crippen LogP contribution in [0.4, 0.5) is 0 Å². The number of hydrogen-bond donors (Lipinski definition) is 2. The maximum absolute atomic E-state index is 12.0. The molecule has 6 rings (SSSR count). The van der Waals surface area contributed by atoms with Crippen LogP contribution in [0.1, 0.15) is 45.8 Å². The molecule has 0 aromatic heterocycles. The maximum Gasteiger partial charge on any atom is 0.414 e. The standard InChI is InChI=1S/C29H31NO3.C2H2O4/c1-32-29(31)25-14-8-9-21(19-25)20-33-28-24-15-17-30(18-16-24)27(28)26(22-10-4-2-5-11-22)23-12-6-3-7-13-23;3-1(4)2(5)6/h2-14,19,24,26-28H,15-18,20H2,1H3;(H,3,4)(H,5,6). The molecule has 2 N–H and O–H groups in total. The van der Waals surface area contributed by atoms with E-state index in [1.807, 2.05) is 18.2 Å². The summed E-state index contributed by atoms with van der Waals surface area (Å²) in [6, 6.07) is 29.6. The number of ether oxygens (including phenoxy) is 2. The number of rotatable bonds is 7. The predicted octanol–water partition coefficient (Wildman–Crippen LogP) is 4.44. The number of carboxylic acid groups (broad SMARTS) is 2. The van der Waals surface area contributed by atoms with Crippen molar-refractivity contribution in [3.63, 3.8) is 0 Å². The SMILES string of the molecule is COC(=O)c1cccc(COC2C3CCN(CC3)C2C(c2ccccc2)c2ccccc2)c1.O=C(O)C(=O)O. The zero-order chi connectivity index (χ0) is 27.8. The molecule has 3 aliphatic heterocycles. The minimum absolute atomic E-state index is 0.139. The Bertz CT molecular complexity index is 1200. The Balaban J connectivity index is 0.000000531. The van der Waals surface area contributed by atoms with Gasteiger partial charge in [0.2, 0.25) is 0 Å². The molecule has 3 aromatic carbocycles. The van der Waals surface area contributed by atoms with Crippen molar-refractivity contribution in [1.29, 1.82) is 0 Å². The Kier molecular flexibility index (Phi) is 9.46. The van der Waals surface area contributed by atoms with Crippen LogP contribution in [0.25, 0.3) is 0 Å². The second kappa shape index (κ2) is 13.2. The molecule has 2 atom stereocenters. The summed E-state index contributed by atoms with van der Waals surface area (Å²) in [5.74, 6) is -3.16. The first-order valence-corrected chi connectivity index (χ1v) is 13.0. The molecule has 3 saturated heterocycles. The van der Waals surface area contributed by atoms with Gasteiger partial charge in [-0.25, -0.2) is 14.4 Å². The lowest BCUT2D eigenvalue weighted by Crippen LogP contribution is -2.60. The van der Waals surface area contributed by atoms with Gasteiger partial charge in [0.05, 0.1) is 25.4 Å². The number of aliphatic carboxylic acids is 2. The quantitative estimate of drug-likeness (QED) is 0.340. The summed E-state index contributed by atoms with van der Waals surface area (Å²) in [6.07, 6.45) is 2.50. The van der Waals surface area contributed by atoms with E-state index in [0.717, 1.165) is 18.7 Å². The summed E-state index contributed by atoms with van der Waals surface area (Å²) < 4.78 is 11.6. The summed E-state index contributed by atoms with van der Waals surface area (Å²) in [4.78, 5) is 32.8. The topological polar surface area (TPSA) is 113 Å². The first-order valence-electron chi connectivity index (χ1n) is 13.0. The molecule has 2 unspecified atom stereocenters. The molecule has 3 fully saturated rings. The summed E-state index contributed by atoms with van der Waals surface area (Å²) in [5.41, 5.74) is 4.24. The van der Waals surface area contributed by atoms with Crippen molar-refractivity contribution in [2.75, 3.05) is 20.2 Å². The first kappa shape index (κ1) is 28.0. The Morgan fingerprint density at radius 2 is 1.41 bits per heavy atom. The fourth-order valence-electron chi connectivity index (χ4n) is 5.67. The number of hydrogen-bond acceptors (Lipinski definition) is 6. The second-order valence-corrected chi connectivity index (χ2v) is 9.74.